The first-order valence-electron chi connectivity index (χ1n) is 4.96. The van der Waals surface area contributed by atoms with E-state index in [1.165, 1.54) is 0 Å². The van der Waals surface area contributed by atoms with Gasteiger partial charge in [0.05, 0.1) is 0 Å². The summed E-state index contributed by atoms with van der Waals surface area (Å²) in [6, 6.07) is 0. The molecule has 0 amide bonds. The maximum atomic E-state index is 3.51. The molecule has 0 heterocycles. The number of hydrogen-bond donors (Lipinski definition) is 0. The fourth-order valence-electron chi connectivity index (χ4n) is 1.37. The van der Waals surface area contributed by atoms with Gasteiger partial charge in [0.15, 0.2) is 0 Å². The molecule has 0 fully saturated rings. The molecule has 0 aromatic rings. The second-order valence-corrected chi connectivity index (χ2v) is 8.46. The molecule has 0 aromatic carbocycles. The predicted octanol–water partition coefficient (Wildman–Crippen LogP) is 3.23. The van der Waals surface area contributed by atoms with Crippen LogP contribution in [0.25, 0.3) is 0 Å². The van der Waals surface area contributed by atoms with Gasteiger partial charge in [-0.1, -0.05) is 41.5 Å². The Hall–Kier alpha value is -0.223. The molecule has 70 valence electrons. The van der Waals surface area contributed by atoms with Gasteiger partial charge in [-0.15, -0.1) is 11.5 Å². The molecule has 0 atom stereocenters. The lowest BCUT2D eigenvalue weighted by molar-refractivity contribution is 0.866. The lowest BCUT2D eigenvalue weighted by Crippen LogP contribution is -2.19. The van der Waals surface area contributed by atoms with Crippen LogP contribution in [0.5, 0.6) is 0 Å². The van der Waals surface area contributed by atoms with Crippen LogP contribution in [0.15, 0.2) is 0 Å². The molecule has 0 aliphatic rings. The van der Waals surface area contributed by atoms with Crippen molar-refractivity contribution in [2.75, 3.05) is 0 Å². The molecule has 0 aliphatic heterocycles. The normalized spacial score (nSPS) is 11.2. The third-order valence-corrected chi connectivity index (χ3v) is 5.35. The first-order chi connectivity index (χ1) is 5.45. The van der Waals surface area contributed by atoms with Gasteiger partial charge in [0, 0.05) is 5.92 Å². The lowest BCUT2D eigenvalue weighted by Gasteiger charge is -2.16. The summed E-state index contributed by atoms with van der Waals surface area (Å²) in [7, 11) is -0.798. The molecule has 0 rings (SSSR count). The van der Waals surface area contributed by atoms with Gasteiger partial charge >= 0.3 is 0 Å². The highest BCUT2D eigenvalue weighted by Gasteiger charge is 2.16. The van der Waals surface area contributed by atoms with Crippen LogP contribution >= 0.6 is 0 Å². The van der Waals surface area contributed by atoms with Gasteiger partial charge in [-0.05, 0) is 11.1 Å². The van der Waals surface area contributed by atoms with Gasteiger partial charge in [0.25, 0.3) is 0 Å². The van der Waals surface area contributed by atoms with Gasteiger partial charge in [-0.3, -0.25) is 0 Å². The standard InChI is InChI=1S/C11H22Si/c1-9(2)7-8-12(10(3)4)11(5)6/h9-12H,1-6H3. The molecule has 0 nitrogen and oxygen atoms in total. The van der Waals surface area contributed by atoms with Crippen molar-refractivity contribution in [3.8, 4) is 11.5 Å². The Bertz CT molecular complexity index is 161. The van der Waals surface area contributed by atoms with E-state index in [1.807, 2.05) is 0 Å². The van der Waals surface area contributed by atoms with E-state index in [1.54, 1.807) is 0 Å². The van der Waals surface area contributed by atoms with Crippen LogP contribution in [-0.4, -0.2) is 8.80 Å². The zero-order valence-electron chi connectivity index (χ0n) is 9.31. The Kier molecular flexibility index (Phi) is 5.33. The summed E-state index contributed by atoms with van der Waals surface area (Å²) < 4.78 is 0. The molecule has 0 bridgehead atoms. The fourth-order valence-corrected chi connectivity index (χ4v) is 4.10. The minimum absolute atomic E-state index is 0.539. The minimum Gasteiger partial charge on any atom is -0.135 e. The zero-order chi connectivity index (χ0) is 9.72. The van der Waals surface area contributed by atoms with Crippen molar-refractivity contribution in [1.82, 2.24) is 0 Å². The molecule has 0 saturated carbocycles. The Morgan fingerprint density at radius 3 is 1.50 bits per heavy atom. The van der Waals surface area contributed by atoms with Crippen molar-refractivity contribution in [1.29, 1.82) is 0 Å². The molecular formula is C11H22Si. The summed E-state index contributed by atoms with van der Waals surface area (Å²) in [6.07, 6.45) is 0. The molecule has 0 aliphatic carbocycles. The first-order valence-corrected chi connectivity index (χ1v) is 6.87. The van der Waals surface area contributed by atoms with Crippen molar-refractivity contribution < 1.29 is 0 Å². The van der Waals surface area contributed by atoms with E-state index in [0.29, 0.717) is 5.92 Å². The van der Waals surface area contributed by atoms with Crippen LogP contribution in [-0.2, 0) is 0 Å². The maximum absolute atomic E-state index is 3.51. The number of hydrogen-bond acceptors (Lipinski definition) is 0. The van der Waals surface area contributed by atoms with E-state index < -0.39 is 8.80 Å². The molecule has 0 unspecified atom stereocenters. The highest BCUT2D eigenvalue weighted by atomic mass is 28.3. The summed E-state index contributed by atoms with van der Waals surface area (Å²) in [4.78, 5) is 0. The third-order valence-electron chi connectivity index (χ3n) is 1.98. The monoisotopic (exact) mass is 182 g/mol. The molecule has 0 spiro atoms. The smallest absolute Gasteiger partial charge is 0.127 e. The van der Waals surface area contributed by atoms with Gasteiger partial charge in [-0.2, -0.15) is 0 Å². The van der Waals surface area contributed by atoms with Crippen LogP contribution < -0.4 is 0 Å². The SMILES string of the molecule is CC(C)C#C[SiH](C(C)C)C(C)C. The van der Waals surface area contributed by atoms with Crippen molar-refractivity contribution in [2.24, 2.45) is 5.92 Å². The molecule has 0 N–H and O–H groups in total. The average Bonchev–Trinajstić information content (AvgIpc) is 1.84. The Morgan fingerprint density at radius 2 is 1.25 bits per heavy atom. The van der Waals surface area contributed by atoms with E-state index >= 15 is 0 Å². The van der Waals surface area contributed by atoms with E-state index in [4.69, 9.17) is 0 Å². The fraction of sp³-hybridized carbons (Fsp3) is 0.818. The minimum atomic E-state index is -0.798. The highest BCUT2D eigenvalue weighted by Crippen LogP contribution is 2.18. The lowest BCUT2D eigenvalue weighted by atomic mass is 10.2. The quantitative estimate of drug-likeness (QED) is 0.454. The largest absolute Gasteiger partial charge is 0.135 e. The van der Waals surface area contributed by atoms with Gasteiger partial charge in [-0.25, -0.2) is 0 Å². The Labute approximate surface area is 79.4 Å². The molecule has 0 radical (unpaired) electrons. The first kappa shape index (κ1) is 11.8. The maximum Gasteiger partial charge on any atom is 0.127 e. The summed E-state index contributed by atoms with van der Waals surface area (Å²) >= 11 is 0. The molecule has 0 saturated heterocycles. The van der Waals surface area contributed by atoms with Gasteiger partial charge in [0.1, 0.15) is 8.80 Å². The van der Waals surface area contributed by atoms with Crippen LogP contribution in [0.1, 0.15) is 41.5 Å². The van der Waals surface area contributed by atoms with E-state index in [0.717, 1.165) is 11.1 Å². The molecule has 1 heteroatoms. The summed E-state index contributed by atoms with van der Waals surface area (Å²) in [5.41, 5.74) is 5.14. The molecule has 0 aromatic heterocycles. The van der Waals surface area contributed by atoms with Crippen molar-refractivity contribution in [3.63, 3.8) is 0 Å². The predicted molar refractivity (Wildman–Crippen MR) is 60.0 cm³/mol. The van der Waals surface area contributed by atoms with E-state index in [-0.39, 0.29) is 0 Å². The number of rotatable bonds is 2. The van der Waals surface area contributed by atoms with Crippen molar-refractivity contribution in [3.05, 3.63) is 0 Å². The van der Waals surface area contributed by atoms with Crippen LogP contribution in [0.4, 0.5) is 0 Å². The average molecular weight is 182 g/mol. The second kappa shape index (κ2) is 5.43. The van der Waals surface area contributed by atoms with Crippen molar-refractivity contribution >= 4 is 8.80 Å². The van der Waals surface area contributed by atoms with Crippen LogP contribution in [0, 0.1) is 17.4 Å². The highest BCUT2D eigenvalue weighted by molar-refractivity contribution is 6.70. The van der Waals surface area contributed by atoms with Gasteiger partial charge in [0.2, 0.25) is 0 Å². The topological polar surface area (TPSA) is 0 Å². The van der Waals surface area contributed by atoms with Crippen molar-refractivity contribution in [2.45, 2.75) is 52.6 Å². The zero-order valence-corrected chi connectivity index (χ0v) is 10.5. The Morgan fingerprint density at radius 1 is 0.833 bits per heavy atom. The summed E-state index contributed by atoms with van der Waals surface area (Å²) in [5.74, 6) is 3.86. The van der Waals surface area contributed by atoms with Gasteiger partial charge < -0.3 is 0 Å². The Balaban J connectivity index is 4.26. The van der Waals surface area contributed by atoms with Crippen LogP contribution in [0.3, 0.4) is 0 Å². The third kappa shape index (κ3) is 4.61. The molecular weight excluding hydrogens is 160 g/mol. The molecule has 12 heavy (non-hydrogen) atoms. The summed E-state index contributed by atoms with van der Waals surface area (Å²) in [6.45, 7) is 13.6. The van der Waals surface area contributed by atoms with E-state index in [2.05, 4.69) is 53.0 Å². The summed E-state index contributed by atoms with van der Waals surface area (Å²) in [5, 5.41) is 0. The van der Waals surface area contributed by atoms with Crippen LogP contribution in [0.2, 0.25) is 11.1 Å². The van der Waals surface area contributed by atoms with E-state index in [9.17, 15) is 0 Å². The second-order valence-electron chi connectivity index (χ2n) is 4.46.